The van der Waals surface area contributed by atoms with Crippen LogP contribution < -0.4 is 5.32 Å². The smallest absolute Gasteiger partial charge is 0.372 e. The Balaban J connectivity index is 1.89. The van der Waals surface area contributed by atoms with E-state index in [4.69, 9.17) is 4.42 Å². The molecule has 5 heteroatoms. The summed E-state index contributed by atoms with van der Waals surface area (Å²) < 4.78 is 5.45. The van der Waals surface area contributed by atoms with Crippen molar-refractivity contribution in [2.24, 2.45) is 0 Å². The van der Waals surface area contributed by atoms with Gasteiger partial charge >= 0.3 is 5.97 Å². The molecule has 2 heterocycles. The number of hydrogen-bond donors (Lipinski definition) is 2. The molecule has 0 amide bonds. The fourth-order valence-corrected chi connectivity index (χ4v) is 3.10. The molecule has 0 spiro atoms. The van der Waals surface area contributed by atoms with E-state index in [0.717, 1.165) is 5.39 Å². The number of thiophene rings is 1. The molecule has 21 heavy (non-hydrogen) atoms. The number of hydrogen-bond acceptors (Lipinski definition) is 4. The van der Waals surface area contributed by atoms with E-state index in [1.807, 2.05) is 29.6 Å². The average molecular weight is 301 g/mol. The second-order valence-corrected chi connectivity index (χ2v) is 5.81. The van der Waals surface area contributed by atoms with Crippen LogP contribution in [-0.4, -0.2) is 11.1 Å². The van der Waals surface area contributed by atoms with Crippen LogP contribution in [0.2, 0.25) is 0 Å². The fraction of sp³-hybridized carbons (Fsp3) is 0.188. The number of carboxylic acids is 1. The first-order valence-electron chi connectivity index (χ1n) is 6.67. The third-order valence-electron chi connectivity index (χ3n) is 3.45. The van der Waals surface area contributed by atoms with Crippen molar-refractivity contribution in [3.63, 3.8) is 0 Å². The van der Waals surface area contributed by atoms with Gasteiger partial charge in [0, 0.05) is 28.4 Å². The number of benzene rings is 1. The molecule has 0 radical (unpaired) electrons. The maximum absolute atomic E-state index is 11.3. The summed E-state index contributed by atoms with van der Waals surface area (Å²) in [6.45, 7) is 2.52. The van der Waals surface area contributed by atoms with Crippen molar-refractivity contribution >= 4 is 28.3 Å². The lowest BCUT2D eigenvalue weighted by Gasteiger charge is -2.11. The zero-order valence-electron chi connectivity index (χ0n) is 11.5. The van der Waals surface area contributed by atoms with Gasteiger partial charge in [-0.05, 0) is 24.4 Å². The summed E-state index contributed by atoms with van der Waals surface area (Å²) in [5, 5.41) is 15.5. The first kappa shape index (κ1) is 13.9. The SMILES string of the molecule is C[C@@H](NCc1c(C(=O)O)oc2ccccc12)c1cccs1. The highest BCUT2D eigenvalue weighted by Crippen LogP contribution is 2.27. The molecule has 0 unspecified atom stereocenters. The maximum Gasteiger partial charge on any atom is 0.372 e. The Bertz CT molecular complexity index is 761. The van der Waals surface area contributed by atoms with Gasteiger partial charge in [0.05, 0.1) is 0 Å². The van der Waals surface area contributed by atoms with E-state index in [0.29, 0.717) is 17.7 Å². The van der Waals surface area contributed by atoms with E-state index in [1.165, 1.54) is 4.88 Å². The zero-order valence-corrected chi connectivity index (χ0v) is 12.3. The Kier molecular flexibility index (Phi) is 3.77. The summed E-state index contributed by atoms with van der Waals surface area (Å²) in [7, 11) is 0. The Morgan fingerprint density at radius 1 is 1.33 bits per heavy atom. The third kappa shape index (κ3) is 2.70. The number of furan rings is 1. The third-order valence-corrected chi connectivity index (χ3v) is 4.50. The van der Waals surface area contributed by atoms with Crippen molar-refractivity contribution in [3.8, 4) is 0 Å². The molecule has 2 aromatic heterocycles. The quantitative estimate of drug-likeness (QED) is 0.746. The molecule has 0 fully saturated rings. The lowest BCUT2D eigenvalue weighted by molar-refractivity contribution is 0.0663. The highest BCUT2D eigenvalue weighted by molar-refractivity contribution is 7.10. The van der Waals surface area contributed by atoms with Crippen LogP contribution in [0, 0.1) is 0 Å². The van der Waals surface area contributed by atoms with Gasteiger partial charge < -0.3 is 14.8 Å². The highest BCUT2D eigenvalue weighted by Gasteiger charge is 2.20. The van der Waals surface area contributed by atoms with Crippen LogP contribution in [0.25, 0.3) is 11.0 Å². The number of carbonyl (C=O) groups is 1. The van der Waals surface area contributed by atoms with E-state index < -0.39 is 5.97 Å². The Morgan fingerprint density at radius 2 is 2.14 bits per heavy atom. The molecule has 0 saturated carbocycles. The van der Waals surface area contributed by atoms with Gasteiger partial charge in [-0.25, -0.2) is 4.79 Å². The van der Waals surface area contributed by atoms with Crippen LogP contribution in [0.5, 0.6) is 0 Å². The molecule has 0 aliphatic heterocycles. The molecule has 0 bridgehead atoms. The first-order chi connectivity index (χ1) is 10.2. The van der Waals surface area contributed by atoms with Crippen molar-refractivity contribution in [1.29, 1.82) is 0 Å². The van der Waals surface area contributed by atoms with Gasteiger partial charge in [-0.15, -0.1) is 11.3 Å². The van der Waals surface area contributed by atoms with E-state index in [-0.39, 0.29) is 11.8 Å². The molecular weight excluding hydrogens is 286 g/mol. The number of fused-ring (bicyclic) bond motifs is 1. The molecule has 3 rings (SSSR count). The van der Waals surface area contributed by atoms with Crippen LogP contribution in [0.1, 0.15) is 34.0 Å². The Hall–Kier alpha value is -2.11. The maximum atomic E-state index is 11.3. The Morgan fingerprint density at radius 3 is 2.86 bits per heavy atom. The molecule has 4 nitrogen and oxygen atoms in total. The lowest BCUT2D eigenvalue weighted by Crippen LogP contribution is -2.18. The number of para-hydroxylation sites is 1. The van der Waals surface area contributed by atoms with Crippen molar-refractivity contribution in [3.05, 3.63) is 58.0 Å². The number of carboxylic acid groups (broad SMARTS) is 1. The van der Waals surface area contributed by atoms with Gasteiger partial charge in [0.15, 0.2) is 0 Å². The predicted octanol–water partition coefficient (Wildman–Crippen LogP) is 4.04. The molecule has 1 atom stereocenters. The second-order valence-electron chi connectivity index (χ2n) is 4.83. The van der Waals surface area contributed by atoms with Crippen LogP contribution in [-0.2, 0) is 6.54 Å². The van der Waals surface area contributed by atoms with Crippen molar-refractivity contribution < 1.29 is 14.3 Å². The number of nitrogens with one attached hydrogen (secondary N) is 1. The van der Waals surface area contributed by atoms with E-state index in [2.05, 4.69) is 18.3 Å². The van der Waals surface area contributed by atoms with Crippen LogP contribution in [0.4, 0.5) is 0 Å². The molecule has 1 aromatic carbocycles. The van der Waals surface area contributed by atoms with E-state index >= 15 is 0 Å². The summed E-state index contributed by atoms with van der Waals surface area (Å²) in [6, 6.07) is 11.6. The van der Waals surface area contributed by atoms with Crippen molar-refractivity contribution in [1.82, 2.24) is 5.32 Å². The monoisotopic (exact) mass is 301 g/mol. The number of rotatable bonds is 5. The zero-order chi connectivity index (χ0) is 14.8. The first-order valence-corrected chi connectivity index (χ1v) is 7.55. The molecule has 108 valence electrons. The average Bonchev–Trinajstić information content (AvgIpc) is 3.12. The molecule has 0 saturated heterocycles. The summed E-state index contributed by atoms with van der Waals surface area (Å²) in [6.07, 6.45) is 0. The predicted molar refractivity (Wildman–Crippen MR) is 82.7 cm³/mol. The molecular formula is C16H15NO3S. The van der Waals surface area contributed by atoms with Gasteiger partial charge in [0.25, 0.3) is 0 Å². The van der Waals surface area contributed by atoms with Crippen LogP contribution >= 0.6 is 11.3 Å². The van der Waals surface area contributed by atoms with Gasteiger partial charge in [0.2, 0.25) is 5.76 Å². The molecule has 0 aliphatic carbocycles. The highest BCUT2D eigenvalue weighted by atomic mass is 32.1. The largest absolute Gasteiger partial charge is 0.475 e. The minimum atomic E-state index is -1.04. The molecule has 3 aromatic rings. The van der Waals surface area contributed by atoms with Gasteiger partial charge in [-0.3, -0.25) is 0 Å². The Labute approximate surface area is 126 Å². The summed E-state index contributed by atoms with van der Waals surface area (Å²) >= 11 is 1.68. The van der Waals surface area contributed by atoms with E-state index in [9.17, 15) is 9.90 Å². The van der Waals surface area contributed by atoms with Gasteiger partial charge in [-0.1, -0.05) is 24.3 Å². The molecule has 2 N–H and O–H groups in total. The minimum Gasteiger partial charge on any atom is -0.475 e. The van der Waals surface area contributed by atoms with Crippen molar-refractivity contribution in [2.45, 2.75) is 19.5 Å². The normalized spacial score (nSPS) is 12.6. The van der Waals surface area contributed by atoms with Crippen LogP contribution in [0.15, 0.2) is 46.2 Å². The lowest BCUT2D eigenvalue weighted by atomic mass is 10.1. The molecule has 0 aliphatic rings. The van der Waals surface area contributed by atoms with E-state index in [1.54, 1.807) is 17.4 Å². The minimum absolute atomic E-state index is 0.0158. The number of aromatic carboxylic acids is 1. The van der Waals surface area contributed by atoms with Gasteiger partial charge in [0.1, 0.15) is 5.58 Å². The summed E-state index contributed by atoms with van der Waals surface area (Å²) in [5.41, 5.74) is 1.30. The fourth-order valence-electron chi connectivity index (χ4n) is 2.34. The second kappa shape index (κ2) is 5.71. The van der Waals surface area contributed by atoms with Gasteiger partial charge in [-0.2, -0.15) is 0 Å². The topological polar surface area (TPSA) is 62.5 Å². The standard InChI is InChI=1S/C16H15NO3S/c1-10(14-7-4-8-21-14)17-9-12-11-5-2-3-6-13(11)20-15(12)16(18)19/h2-8,10,17H,9H2,1H3,(H,18,19)/t10-/m1/s1. The summed E-state index contributed by atoms with van der Waals surface area (Å²) in [5.74, 6) is -1.02. The summed E-state index contributed by atoms with van der Waals surface area (Å²) in [4.78, 5) is 12.6. The van der Waals surface area contributed by atoms with Crippen molar-refractivity contribution in [2.75, 3.05) is 0 Å². The van der Waals surface area contributed by atoms with Crippen LogP contribution in [0.3, 0.4) is 0 Å².